The van der Waals surface area contributed by atoms with E-state index in [-0.39, 0.29) is 5.56 Å². The Bertz CT molecular complexity index is 852. The molecule has 0 heterocycles. The molecule has 0 aliphatic carbocycles. The Morgan fingerprint density at radius 1 is 0.696 bits per heavy atom. The molecule has 3 heteroatoms. The molecule has 0 aromatic heterocycles. The molecule has 0 aliphatic rings. The fraction of sp³-hybridized carbons (Fsp3) is 0. The summed E-state index contributed by atoms with van der Waals surface area (Å²) in [4.78, 5) is 11.9. The zero-order valence-electron chi connectivity index (χ0n) is 12.3. The summed E-state index contributed by atoms with van der Waals surface area (Å²) < 4.78 is 0. The molecule has 0 spiro atoms. The number of carboxylic acids is 1. The van der Waals surface area contributed by atoms with Gasteiger partial charge in [-0.1, -0.05) is 85.0 Å². The first-order valence-corrected chi connectivity index (χ1v) is 7.60. The number of benzene rings is 3. The SMILES string of the molecule is O=C(O)c1ccccc1C(=S)c1ccc(-c2ccccc2)cc1. The van der Waals surface area contributed by atoms with Crippen molar-refractivity contribution in [1.29, 1.82) is 0 Å². The molecule has 0 fully saturated rings. The van der Waals surface area contributed by atoms with Crippen molar-refractivity contribution in [2.75, 3.05) is 0 Å². The predicted molar refractivity (Wildman–Crippen MR) is 96.1 cm³/mol. The van der Waals surface area contributed by atoms with E-state index in [1.807, 2.05) is 54.6 Å². The molecule has 0 saturated heterocycles. The molecule has 0 saturated carbocycles. The van der Waals surface area contributed by atoms with Crippen LogP contribution in [0.4, 0.5) is 0 Å². The maximum atomic E-state index is 11.3. The molecule has 23 heavy (non-hydrogen) atoms. The first-order chi connectivity index (χ1) is 11.2. The molecule has 0 aliphatic heterocycles. The van der Waals surface area contributed by atoms with Gasteiger partial charge in [0.2, 0.25) is 0 Å². The lowest BCUT2D eigenvalue weighted by Gasteiger charge is -2.09. The largest absolute Gasteiger partial charge is 0.478 e. The minimum atomic E-state index is -0.969. The third-order valence-corrected chi connectivity index (χ3v) is 4.11. The van der Waals surface area contributed by atoms with Crippen LogP contribution in [0, 0.1) is 0 Å². The van der Waals surface area contributed by atoms with E-state index in [9.17, 15) is 9.90 Å². The number of aromatic carboxylic acids is 1. The lowest BCUT2D eigenvalue weighted by atomic mass is 9.97. The minimum absolute atomic E-state index is 0.227. The molecule has 0 amide bonds. The van der Waals surface area contributed by atoms with Crippen molar-refractivity contribution in [3.63, 3.8) is 0 Å². The van der Waals surface area contributed by atoms with Gasteiger partial charge in [-0.3, -0.25) is 0 Å². The van der Waals surface area contributed by atoms with Crippen LogP contribution >= 0.6 is 12.2 Å². The molecule has 0 atom stereocenters. The Morgan fingerprint density at radius 3 is 1.83 bits per heavy atom. The lowest BCUT2D eigenvalue weighted by Crippen LogP contribution is -2.08. The molecule has 0 unspecified atom stereocenters. The third kappa shape index (κ3) is 3.20. The summed E-state index contributed by atoms with van der Waals surface area (Å²) in [7, 11) is 0. The highest BCUT2D eigenvalue weighted by Gasteiger charge is 2.14. The first-order valence-electron chi connectivity index (χ1n) is 7.19. The van der Waals surface area contributed by atoms with Gasteiger partial charge in [0.1, 0.15) is 0 Å². The van der Waals surface area contributed by atoms with E-state index in [1.54, 1.807) is 24.3 Å². The molecule has 3 aromatic rings. The maximum Gasteiger partial charge on any atom is 0.336 e. The van der Waals surface area contributed by atoms with Gasteiger partial charge in [0.25, 0.3) is 0 Å². The third-order valence-electron chi connectivity index (χ3n) is 3.66. The fourth-order valence-corrected chi connectivity index (χ4v) is 2.78. The van der Waals surface area contributed by atoms with E-state index in [0.717, 1.165) is 16.7 Å². The average Bonchev–Trinajstić information content (AvgIpc) is 2.62. The predicted octanol–water partition coefficient (Wildman–Crippen LogP) is 4.82. The Hall–Kier alpha value is -2.78. The highest BCUT2D eigenvalue weighted by molar-refractivity contribution is 7.81. The second kappa shape index (κ2) is 6.55. The van der Waals surface area contributed by atoms with E-state index in [0.29, 0.717) is 10.4 Å². The van der Waals surface area contributed by atoms with Crippen LogP contribution in [-0.2, 0) is 0 Å². The van der Waals surface area contributed by atoms with E-state index in [1.165, 1.54) is 0 Å². The normalized spacial score (nSPS) is 10.3. The van der Waals surface area contributed by atoms with Gasteiger partial charge >= 0.3 is 5.97 Å². The Balaban J connectivity index is 1.94. The smallest absolute Gasteiger partial charge is 0.336 e. The fourth-order valence-electron chi connectivity index (χ4n) is 2.47. The number of carboxylic acid groups (broad SMARTS) is 1. The van der Waals surface area contributed by atoms with Crippen LogP contribution in [0.1, 0.15) is 21.5 Å². The Morgan fingerprint density at radius 2 is 1.22 bits per heavy atom. The van der Waals surface area contributed by atoms with Gasteiger partial charge in [0.05, 0.1) is 10.4 Å². The maximum absolute atomic E-state index is 11.3. The van der Waals surface area contributed by atoms with Crippen molar-refractivity contribution in [3.05, 3.63) is 95.6 Å². The lowest BCUT2D eigenvalue weighted by molar-refractivity contribution is 0.0696. The molecule has 0 radical (unpaired) electrons. The van der Waals surface area contributed by atoms with E-state index in [4.69, 9.17) is 12.2 Å². The van der Waals surface area contributed by atoms with Gasteiger partial charge in [-0.2, -0.15) is 0 Å². The van der Waals surface area contributed by atoms with E-state index >= 15 is 0 Å². The van der Waals surface area contributed by atoms with Gasteiger partial charge < -0.3 is 5.11 Å². The number of rotatable bonds is 4. The number of carbonyl (C=O) groups is 1. The van der Waals surface area contributed by atoms with Gasteiger partial charge in [0.15, 0.2) is 0 Å². The van der Waals surface area contributed by atoms with Crippen molar-refractivity contribution in [3.8, 4) is 11.1 Å². The number of hydrogen-bond donors (Lipinski definition) is 1. The van der Waals surface area contributed by atoms with Crippen LogP contribution in [0.5, 0.6) is 0 Å². The van der Waals surface area contributed by atoms with Gasteiger partial charge in [0, 0.05) is 5.56 Å². The van der Waals surface area contributed by atoms with Crippen molar-refractivity contribution < 1.29 is 9.90 Å². The second-order valence-corrected chi connectivity index (χ2v) is 5.53. The summed E-state index contributed by atoms with van der Waals surface area (Å²) in [6.45, 7) is 0. The van der Waals surface area contributed by atoms with Gasteiger partial charge in [-0.05, 0) is 22.8 Å². The summed E-state index contributed by atoms with van der Waals surface area (Å²) >= 11 is 5.49. The van der Waals surface area contributed by atoms with Crippen LogP contribution in [-0.4, -0.2) is 15.9 Å². The second-order valence-electron chi connectivity index (χ2n) is 5.12. The van der Waals surface area contributed by atoms with Gasteiger partial charge in [-0.15, -0.1) is 0 Å². The summed E-state index contributed by atoms with van der Waals surface area (Å²) in [6.07, 6.45) is 0. The van der Waals surface area contributed by atoms with Crippen LogP contribution < -0.4 is 0 Å². The van der Waals surface area contributed by atoms with Crippen molar-refractivity contribution >= 4 is 23.1 Å². The highest BCUT2D eigenvalue weighted by Crippen LogP contribution is 2.22. The molecule has 1 N–H and O–H groups in total. The zero-order chi connectivity index (χ0) is 16.2. The minimum Gasteiger partial charge on any atom is -0.478 e. The number of thiocarbonyl (C=S) groups is 1. The molecular weight excluding hydrogens is 304 g/mol. The van der Waals surface area contributed by atoms with Crippen LogP contribution in [0.2, 0.25) is 0 Å². The van der Waals surface area contributed by atoms with Crippen molar-refractivity contribution in [2.24, 2.45) is 0 Å². The molecule has 2 nitrogen and oxygen atoms in total. The molecule has 3 aromatic carbocycles. The number of hydrogen-bond acceptors (Lipinski definition) is 2. The summed E-state index contributed by atoms with van der Waals surface area (Å²) in [5.74, 6) is -0.969. The molecule has 0 bridgehead atoms. The first kappa shape index (κ1) is 15.1. The van der Waals surface area contributed by atoms with Crippen LogP contribution in [0.15, 0.2) is 78.9 Å². The van der Waals surface area contributed by atoms with Gasteiger partial charge in [-0.25, -0.2) is 4.79 Å². The van der Waals surface area contributed by atoms with Crippen LogP contribution in [0.25, 0.3) is 11.1 Å². The van der Waals surface area contributed by atoms with Crippen molar-refractivity contribution in [1.82, 2.24) is 0 Å². The average molecular weight is 318 g/mol. The summed E-state index contributed by atoms with van der Waals surface area (Å²) in [5, 5.41) is 9.29. The van der Waals surface area contributed by atoms with E-state index < -0.39 is 5.97 Å². The van der Waals surface area contributed by atoms with E-state index in [2.05, 4.69) is 0 Å². The Labute approximate surface area is 140 Å². The van der Waals surface area contributed by atoms with Crippen LogP contribution in [0.3, 0.4) is 0 Å². The molecule has 3 rings (SSSR count). The summed E-state index contributed by atoms with van der Waals surface area (Å²) in [5.41, 5.74) is 3.88. The van der Waals surface area contributed by atoms with Crippen molar-refractivity contribution in [2.45, 2.75) is 0 Å². The summed E-state index contributed by atoms with van der Waals surface area (Å²) in [6, 6.07) is 24.8. The zero-order valence-corrected chi connectivity index (χ0v) is 13.1. The monoisotopic (exact) mass is 318 g/mol. The topological polar surface area (TPSA) is 37.3 Å². The quantitative estimate of drug-likeness (QED) is 0.553. The highest BCUT2D eigenvalue weighted by atomic mass is 32.1. The molecule has 112 valence electrons. The Kier molecular flexibility index (Phi) is 4.31. The standard InChI is InChI=1S/C20H14O2S/c21-20(22)18-9-5-4-8-17(18)19(23)16-12-10-15(11-13-16)14-6-2-1-3-7-14/h1-13H,(H,21,22). The molecular formula is C20H14O2S.